The molecule has 0 unspecified atom stereocenters. The van der Waals surface area contributed by atoms with Crippen LogP contribution in [0.3, 0.4) is 0 Å². The molecule has 256 valence electrons. The number of hydrogen-bond acceptors (Lipinski definition) is 7. The summed E-state index contributed by atoms with van der Waals surface area (Å²) >= 11 is 0. The molecule has 0 aliphatic carbocycles. The highest BCUT2D eigenvalue weighted by molar-refractivity contribution is 6.03. The molecule has 4 aromatic carbocycles. The first-order chi connectivity index (χ1) is 24.2. The topological polar surface area (TPSA) is 155 Å². The summed E-state index contributed by atoms with van der Waals surface area (Å²) in [6.45, 7) is 1.52. The van der Waals surface area contributed by atoms with Crippen LogP contribution < -0.4 is 20.6 Å². The Bertz CT molecular complexity index is 1890. The molecule has 10 nitrogen and oxygen atoms in total. The van der Waals surface area contributed by atoms with Gasteiger partial charge < -0.3 is 35.6 Å². The molecule has 3 atom stereocenters. The van der Waals surface area contributed by atoms with Gasteiger partial charge in [0.2, 0.25) is 0 Å². The Morgan fingerprint density at radius 3 is 2.00 bits per heavy atom. The molecule has 0 aliphatic heterocycles. The highest BCUT2D eigenvalue weighted by Crippen LogP contribution is 2.24. The first-order valence-corrected chi connectivity index (χ1v) is 16.3. The number of nitrogens with zero attached hydrogens (tertiary/aromatic N) is 2. The van der Waals surface area contributed by atoms with E-state index in [0.29, 0.717) is 23.2 Å². The van der Waals surface area contributed by atoms with Crippen molar-refractivity contribution in [3.05, 3.63) is 161 Å². The number of carbonyl (C=O) groups is 3. The van der Waals surface area contributed by atoms with Crippen molar-refractivity contribution in [1.29, 1.82) is 0 Å². The Balaban J connectivity index is 1.42. The minimum absolute atomic E-state index is 0.000453. The van der Waals surface area contributed by atoms with Gasteiger partial charge in [-0.3, -0.25) is 14.6 Å². The van der Waals surface area contributed by atoms with Crippen molar-refractivity contribution >= 4 is 23.6 Å². The van der Waals surface area contributed by atoms with Crippen LogP contribution in [0.2, 0.25) is 0 Å². The molecule has 0 bridgehead atoms. The molecular weight excluding hydrogens is 632 g/mol. The van der Waals surface area contributed by atoms with E-state index < -0.39 is 36.1 Å². The summed E-state index contributed by atoms with van der Waals surface area (Å²) in [5.41, 5.74) is 3.19. The van der Waals surface area contributed by atoms with Crippen molar-refractivity contribution in [3.8, 4) is 5.75 Å². The lowest BCUT2D eigenvalue weighted by Crippen LogP contribution is -2.49. The summed E-state index contributed by atoms with van der Waals surface area (Å²) in [7, 11) is 0. The number of amides is 3. The molecule has 50 heavy (non-hydrogen) atoms. The summed E-state index contributed by atoms with van der Waals surface area (Å²) in [5.74, 6) is -0.994. The number of aromatic nitrogens is 1. The second kappa shape index (κ2) is 16.9. The molecule has 1 heterocycles. The third-order valence-corrected chi connectivity index (χ3v) is 8.52. The van der Waals surface area contributed by atoms with Crippen molar-refractivity contribution in [2.24, 2.45) is 0 Å². The number of phenols is 1. The molecule has 1 aromatic heterocycles. The molecule has 4 N–H and O–H groups in total. The third kappa shape index (κ3) is 9.33. The molecular formula is C40H39N4O6-. The van der Waals surface area contributed by atoms with Crippen molar-refractivity contribution in [1.82, 2.24) is 15.6 Å². The lowest BCUT2D eigenvalue weighted by Gasteiger charge is -2.30. The molecule has 10 heteroatoms. The average molecular weight is 672 g/mol. The van der Waals surface area contributed by atoms with Crippen molar-refractivity contribution in [2.45, 2.75) is 50.9 Å². The van der Waals surface area contributed by atoms with E-state index in [2.05, 4.69) is 15.6 Å². The van der Waals surface area contributed by atoms with Crippen LogP contribution in [-0.2, 0) is 19.4 Å². The highest BCUT2D eigenvalue weighted by atomic mass is 16.4. The Morgan fingerprint density at radius 1 is 0.740 bits per heavy atom. The van der Waals surface area contributed by atoms with Crippen LogP contribution in [0.25, 0.3) is 0 Å². The molecule has 0 radical (unpaired) electrons. The first kappa shape index (κ1) is 35.3. The second-order valence-electron chi connectivity index (χ2n) is 12.1. The first-order valence-electron chi connectivity index (χ1n) is 16.3. The summed E-state index contributed by atoms with van der Waals surface area (Å²) in [6, 6.07) is 33.7. The van der Waals surface area contributed by atoms with E-state index in [1.807, 2.05) is 60.7 Å². The van der Waals surface area contributed by atoms with Gasteiger partial charge in [-0.15, -0.1) is 0 Å². The number of para-hydroxylation sites is 1. The standard InChI is InChI=1S/C40H40N4O6/c1-27-32(19-12-21-36(27)45)38(47)42-31(23-28-13-4-2-5-14-28)25-37(46)34(24-29-15-6-3-7-16-29)43-39(48)33-18-8-9-20-35(33)44(40(49)50)26-30-17-10-11-22-41-30/h2-22,31,34,37,45-46H,23-26H2,1H3,(H,42,47)(H,43,48)(H,49,50)/p-1/t31-,34-,37-/m0/s1. The Kier molecular flexibility index (Phi) is 11.9. The van der Waals surface area contributed by atoms with E-state index in [4.69, 9.17) is 0 Å². The van der Waals surface area contributed by atoms with Crippen molar-refractivity contribution in [2.75, 3.05) is 4.90 Å². The molecule has 5 aromatic rings. The van der Waals surface area contributed by atoms with Gasteiger partial charge in [0.1, 0.15) is 11.8 Å². The SMILES string of the molecule is Cc1c(O)cccc1C(=O)N[C@@H](Cc1ccccc1)C[C@H](O)[C@H](Cc1ccccc1)NC(=O)c1ccccc1N(Cc1ccccn1)C(=O)[O-]. The molecule has 0 saturated carbocycles. The van der Waals surface area contributed by atoms with E-state index in [9.17, 15) is 29.7 Å². The number of rotatable bonds is 14. The van der Waals surface area contributed by atoms with Gasteiger partial charge in [-0.05, 0) is 73.7 Å². The number of aromatic hydroxyl groups is 1. The number of nitrogens with one attached hydrogen (secondary N) is 2. The second-order valence-corrected chi connectivity index (χ2v) is 12.1. The average Bonchev–Trinajstić information content (AvgIpc) is 3.12. The predicted molar refractivity (Wildman–Crippen MR) is 189 cm³/mol. The molecule has 0 fully saturated rings. The fourth-order valence-corrected chi connectivity index (χ4v) is 5.88. The Morgan fingerprint density at radius 2 is 1.34 bits per heavy atom. The zero-order valence-corrected chi connectivity index (χ0v) is 27.6. The number of carboxylic acid groups (broad SMARTS) is 1. The van der Waals surface area contributed by atoms with Crippen LogP contribution in [0.4, 0.5) is 10.5 Å². The lowest BCUT2D eigenvalue weighted by molar-refractivity contribution is -0.246. The summed E-state index contributed by atoms with van der Waals surface area (Å²) in [4.78, 5) is 45.0. The van der Waals surface area contributed by atoms with Gasteiger partial charge in [0.25, 0.3) is 11.8 Å². The van der Waals surface area contributed by atoms with Crippen LogP contribution in [0.5, 0.6) is 5.75 Å². The van der Waals surface area contributed by atoms with E-state index in [0.717, 1.165) is 16.0 Å². The number of carbonyl (C=O) groups excluding carboxylic acids is 3. The van der Waals surface area contributed by atoms with Crippen LogP contribution in [-0.4, -0.2) is 51.3 Å². The number of aliphatic hydroxyl groups is 1. The maximum Gasteiger partial charge on any atom is 0.253 e. The van der Waals surface area contributed by atoms with E-state index in [1.54, 1.807) is 55.6 Å². The summed E-state index contributed by atoms with van der Waals surface area (Å²) in [6.07, 6.45) is -0.372. The molecule has 5 rings (SSSR count). The van der Waals surface area contributed by atoms with E-state index in [-0.39, 0.29) is 36.4 Å². The fourth-order valence-electron chi connectivity index (χ4n) is 5.88. The Hall–Kier alpha value is -6.00. The normalized spacial score (nSPS) is 12.7. The zero-order valence-electron chi connectivity index (χ0n) is 27.6. The van der Waals surface area contributed by atoms with Crippen LogP contribution in [0.1, 0.15) is 49.5 Å². The number of hydrogen-bond donors (Lipinski definition) is 4. The quantitative estimate of drug-likeness (QED) is 0.135. The van der Waals surface area contributed by atoms with Crippen molar-refractivity contribution in [3.63, 3.8) is 0 Å². The van der Waals surface area contributed by atoms with E-state index in [1.165, 1.54) is 18.2 Å². The summed E-state index contributed by atoms with van der Waals surface area (Å²) < 4.78 is 0. The highest BCUT2D eigenvalue weighted by Gasteiger charge is 2.28. The van der Waals surface area contributed by atoms with Gasteiger partial charge in [-0.2, -0.15) is 0 Å². The van der Waals surface area contributed by atoms with Crippen LogP contribution in [0, 0.1) is 6.92 Å². The fraction of sp³-hybridized carbons (Fsp3) is 0.200. The predicted octanol–water partition coefficient (Wildman–Crippen LogP) is 4.58. The van der Waals surface area contributed by atoms with Crippen molar-refractivity contribution < 1.29 is 29.7 Å². The largest absolute Gasteiger partial charge is 0.530 e. The van der Waals surface area contributed by atoms with Gasteiger partial charge >= 0.3 is 0 Å². The minimum atomic E-state index is -1.50. The summed E-state index contributed by atoms with van der Waals surface area (Å²) in [5, 5.41) is 40.4. The minimum Gasteiger partial charge on any atom is -0.530 e. The molecule has 0 aliphatic rings. The Labute approximate surface area is 291 Å². The van der Waals surface area contributed by atoms with Gasteiger partial charge in [0.15, 0.2) is 0 Å². The maximum atomic E-state index is 14.0. The van der Waals surface area contributed by atoms with Gasteiger partial charge in [0, 0.05) is 23.4 Å². The number of pyridine rings is 1. The monoisotopic (exact) mass is 671 g/mol. The van der Waals surface area contributed by atoms with Gasteiger partial charge in [0.05, 0.1) is 35.6 Å². The number of aliphatic hydroxyl groups excluding tert-OH is 1. The van der Waals surface area contributed by atoms with E-state index >= 15 is 0 Å². The van der Waals surface area contributed by atoms with Crippen LogP contribution >= 0.6 is 0 Å². The number of phenolic OH excluding ortho intramolecular Hbond substituents is 1. The molecule has 0 spiro atoms. The smallest absolute Gasteiger partial charge is 0.253 e. The molecule has 0 saturated heterocycles. The lowest BCUT2D eigenvalue weighted by atomic mass is 9.93. The number of benzene rings is 4. The molecule has 3 amide bonds. The van der Waals surface area contributed by atoms with Gasteiger partial charge in [-0.25, -0.2) is 0 Å². The number of anilines is 1. The van der Waals surface area contributed by atoms with Crippen LogP contribution in [0.15, 0.2) is 128 Å². The van der Waals surface area contributed by atoms with Gasteiger partial charge in [-0.1, -0.05) is 84.9 Å². The third-order valence-electron chi connectivity index (χ3n) is 8.52. The zero-order chi connectivity index (χ0) is 35.5. The maximum absolute atomic E-state index is 14.0.